The first kappa shape index (κ1) is 31.1. The van der Waals surface area contributed by atoms with Crippen LogP contribution in [0.3, 0.4) is 0 Å². The van der Waals surface area contributed by atoms with Crippen LogP contribution in [0.2, 0.25) is 0 Å². The minimum Gasteiger partial charge on any atom is -0.387 e. The molecule has 2 aromatic carbocycles. The molecule has 0 aliphatic rings. The van der Waals surface area contributed by atoms with Crippen LogP contribution in [-0.2, 0) is 27.7 Å². The number of nitrogens with one attached hydrogen (secondary N) is 1. The molecule has 0 fully saturated rings. The van der Waals surface area contributed by atoms with Crippen LogP contribution in [0.15, 0.2) is 83.9 Å². The van der Waals surface area contributed by atoms with Crippen molar-refractivity contribution in [3.8, 4) is 5.82 Å². The lowest BCUT2D eigenvalue weighted by molar-refractivity contribution is -0.119. The Bertz CT molecular complexity index is 1630. The van der Waals surface area contributed by atoms with E-state index in [2.05, 4.69) is 28.7 Å². The molecule has 2 heterocycles. The number of aryl methyl sites for hydroxylation is 2. The van der Waals surface area contributed by atoms with Crippen molar-refractivity contribution in [2.75, 3.05) is 6.54 Å². The largest absolute Gasteiger partial charge is 0.387 e. The zero-order valence-corrected chi connectivity index (χ0v) is 25.2. The molecule has 9 nitrogen and oxygen atoms in total. The average Bonchev–Trinajstić information content (AvgIpc) is 3.27. The maximum absolute atomic E-state index is 12.4. The van der Waals surface area contributed by atoms with E-state index in [1.54, 1.807) is 18.3 Å². The number of nitrogens with two attached hydrogens (primary N) is 2. The van der Waals surface area contributed by atoms with Crippen molar-refractivity contribution >= 4 is 15.9 Å². The monoisotopic (exact) mass is 589 g/mol. The summed E-state index contributed by atoms with van der Waals surface area (Å²) >= 11 is 0. The summed E-state index contributed by atoms with van der Waals surface area (Å²) in [7, 11) is -3.80. The molecule has 0 aliphatic carbocycles. The highest BCUT2D eigenvalue weighted by atomic mass is 32.2. The van der Waals surface area contributed by atoms with Gasteiger partial charge in [-0.2, -0.15) is 0 Å². The Morgan fingerprint density at radius 3 is 2.21 bits per heavy atom. The summed E-state index contributed by atoms with van der Waals surface area (Å²) < 4.78 is 25.2. The molecule has 0 radical (unpaired) electrons. The minimum atomic E-state index is -3.80. The molecule has 4 rings (SSSR count). The molecule has 0 saturated heterocycles. The van der Waals surface area contributed by atoms with E-state index >= 15 is 0 Å². The highest BCUT2D eigenvalue weighted by Crippen LogP contribution is 2.25. The molecule has 1 unspecified atom stereocenters. The Labute approximate surface area is 247 Å². The number of pyridine rings is 1. The minimum absolute atomic E-state index is 0.0131. The smallest absolute Gasteiger partial charge is 0.238 e. The quantitative estimate of drug-likeness (QED) is 0.198. The van der Waals surface area contributed by atoms with Gasteiger partial charge in [0, 0.05) is 35.2 Å². The maximum atomic E-state index is 12.4. The van der Waals surface area contributed by atoms with Crippen LogP contribution < -0.4 is 16.2 Å². The normalized spacial score (nSPS) is 13.6. The molecule has 2 aromatic heterocycles. The number of hydrogen-bond acceptors (Lipinski definition) is 6. The molecule has 2 atom stereocenters. The van der Waals surface area contributed by atoms with Crippen LogP contribution in [0.4, 0.5) is 0 Å². The Kier molecular flexibility index (Phi) is 9.32. The molecule has 222 valence electrons. The van der Waals surface area contributed by atoms with E-state index in [-0.39, 0.29) is 10.4 Å². The SMILES string of the molecule is Cc1ccc(C)n1-c1ccc([C@@H](O)CNC(C)(C)Cc2cccc(C(Cc3ccc(S(N)(=O)=O)cc3)C(N)=O)c2)cn1. The number of primary sulfonamides is 1. The number of amides is 1. The second-order valence-electron chi connectivity index (χ2n) is 11.5. The van der Waals surface area contributed by atoms with E-state index in [1.807, 2.05) is 62.4 Å². The number of hydrogen-bond donors (Lipinski definition) is 4. The van der Waals surface area contributed by atoms with E-state index < -0.39 is 28.0 Å². The number of aromatic nitrogens is 2. The Morgan fingerprint density at radius 2 is 1.64 bits per heavy atom. The second-order valence-corrected chi connectivity index (χ2v) is 13.0. The number of aliphatic hydroxyl groups excluding tert-OH is 1. The number of sulfonamides is 1. The highest BCUT2D eigenvalue weighted by molar-refractivity contribution is 7.89. The summed E-state index contributed by atoms with van der Waals surface area (Å²) in [5.74, 6) is -0.239. The van der Waals surface area contributed by atoms with Crippen LogP contribution in [0.1, 0.15) is 59.5 Å². The van der Waals surface area contributed by atoms with Gasteiger partial charge in [0.15, 0.2) is 0 Å². The van der Waals surface area contributed by atoms with Gasteiger partial charge in [-0.1, -0.05) is 42.5 Å². The molecule has 42 heavy (non-hydrogen) atoms. The number of benzene rings is 2. The highest BCUT2D eigenvalue weighted by Gasteiger charge is 2.23. The van der Waals surface area contributed by atoms with Crippen molar-refractivity contribution < 1.29 is 18.3 Å². The maximum Gasteiger partial charge on any atom is 0.238 e. The first-order chi connectivity index (χ1) is 19.7. The van der Waals surface area contributed by atoms with Gasteiger partial charge in [0.25, 0.3) is 0 Å². The molecule has 0 saturated carbocycles. The lowest BCUT2D eigenvalue weighted by Gasteiger charge is -2.28. The molecule has 1 amide bonds. The van der Waals surface area contributed by atoms with Gasteiger partial charge in [-0.15, -0.1) is 0 Å². The fraction of sp³-hybridized carbons (Fsp3) is 0.312. The number of aliphatic hydroxyl groups is 1. The summed E-state index contributed by atoms with van der Waals surface area (Å²) in [4.78, 5) is 17.0. The number of β-amino-alcohol motifs (C(OH)–C–C–N with tert-alkyl or cyclic N) is 1. The van der Waals surface area contributed by atoms with Crippen LogP contribution in [0, 0.1) is 13.8 Å². The van der Waals surface area contributed by atoms with Crippen molar-refractivity contribution in [1.29, 1.82) is 0 Å². The Morgan fingerprint density at radius 1 is 0.976 bits per heavy atom. The summed E-state index contributed by atoms with van der Waals surface area (Å²) in [5.41, 5.74) is 10.9. The molecular weight excluding hydrogens is 550 g/mol. The number of carbonyl (C=O) groups excluding carboxylic acids is 1. The number of carbonyl (C=O) groups is 1. The lowest BCUT2D eigenvalue weighted by Crippen LogP contribution is -2.43. The van der Waals surface area contributed by atoms with Gasteiger partial charge in [-0.25, -0.2) is 18.5 Å². The van der Waals surface area contributed by atoms with Crippen molar-refractivity contribution in [2.24, 2.45) is 10.9 Å². The first-order valence-corrected chi connectivity index (χ1v) is 15.3. The fourth-order valence-electron chi connectivity index (χ4n) is 5.17. The van der Waals surface area contributed by atoms with E-state index in [4.69, 9.17) is 10.9 Å². The Balaban J connectivity index is 1.40. The van der Waals surface area contributed by atoms with Gasteiger partial charge in [0.2, 0.25) is 15.9 Å². The summed E-state index contributed by atoms with van der Waals surface area (Å²) in [6, 6.07) is 21.8. The van der Waals surface area contributed by atoms with Crippen LogP contribution in [0.25, 0.3) is 5.82 Å². The Hall–Kier alpha value is -3.83. The molecule has 10 heteroatoms. The van der Waals surface area contributed by atoms with Gasteiger partial charge in [0.05, 0.1) is 16.9 Å². The molecule has 0 aliphatic heterocycles. The van der Waals surface area contributed by atoms with Crippen LogP contribution in [-0.4, -0.2) is 41.1 Å². The first-order valence-electron chi connectivity index (χ1n) is 13.8. The van der Waals surface area contributed by atoms with Crippen molar-refractivity contribution in [2.45, 2.75) is 63.0 Å². The topological polar surface area (TPSA) is 153 Å². The predicted molar refractivity (Wildman–Crippen MR) is 164 cm³/mol. The predicted octanol–water partition coefficient (Wildman–Crippen LogP) is 3.59. The molecule has 4 aromatic rings. The van der Waals surface area contributed by atoms with Gasteiger partial charge >= 0.3 is 0 Å². The van der Waals surface area contributed by atoms with E-state index in [0.29, 0.717) is 19.4 Å². The van der Waals surface area contributed by atoms with Crippen molar-refractivity contribution in [3.05, 3.63) is 113 Å². The van der Waals surface area contributed by atoms with E-state index in [1.165, 1.54) is 12.1 Å². The third-order valence-electron chi connectivity index (χ3n) is 7.46. The van der Waals surface area contributed by atoms with Gasteiger partial charge in [-0.3, -0.25) is 4.79 Å². The zero-order valence-electron chi connectivity index (χ0n) is 24.4. The third kappa shape index (κ3) is 7.71. The third-order valence-corrected chi connectivity index (χ3v) is 8.39. The number of nitrogens with zero attached hydrogens (tertiary/aromatic N) is 2. The lowest BCUT2D eigenvalue weighted by atomic mass is 9.88. The fourth-order valence-corrected chi connectivity index (χ4v) is 5.69. The molecule has 6 N–H and O–H groups in total. The zero-order chi connectivity index (χ0) is 30.7. The van der Waals surface area contributed by atoms with Gasteiger partial charge < -0.3 is 20.7 Å². The standard InChI is InChI=1S/C32H39N5O4S/c1-21-8-9-22(2)37(21)30-15-12-26(19-35-30)29(38)20-36-32(3,4)18-24-6-5-7-25(16-24)28(31(33)39)17-23-10-13-27(14-11-23)42(34,40)41/h5-16,19,28-29,36,38H,17-18,20H2,1-4H3,(H2,33,39)(H2,34,40,41)/t28?,29-/m0/s1. The summed E-state index contributed by atoms with van der Waals surface area (Å²) in [6.07, 6.45) is 1.95. The number of rotatable bonds is 12. The summed E-state index contributed by atoms with van der Waals surface area (Å²) in [5, 5.41) is 19.5. The summed E-state index contributed by atoms with van der Waals surface area (Å²) in [6.45, 7) is 8.52. The van der Waals surface area contributed by atoms with Crippen molar-refractivity contribution in [3.63, 3.8) is 0 Å². The second kappa shape index (κ2) is 12.6. The average molecular weight is 590 g/mol. The van der Waals surface area contributed by atoms with E-state index in [9.17, 15) is 18.3 Å². The van der Waals surface area contributed by atoms with Crippen LogP contribution in [0.5, 0.6) is 0 Å². The molecular formula is C32H39N5O4S. The van der Waals surface area contributed by atoms with Crippen molar-refractivity contribution in [1.82, 2.24) is 14.9 Å². The number of primary amides is 1. The van der Waals surface area contributed by atoms with Crippen LogP contribution >= 0.6 is 0 Å². The molecule has 0 bridgehead atoms. The van der Waals surface area contributed by atoms with E-state index in [0.717, 1.165) is 39.5 Å². The van der Waals surface area contributed by atoms with Gasteiger partial charge in [-0.05, 0) is 87.6 Å². The molecule has 0 spiro atoms. The van der Waals surface area contributed by atoms with Gasteiger partial charge in [0.1, 0.15) is 5.82 Å².